The summed E-state index contributed by atoms with van der Waals surface area (Å²) in [7, 11) is 0. The second-order valence-corrected chi connectivity index (χ2v) is 4.76. The van der Waals surface area contributed by atoms with Gasteiger partial charge < -0.3 is 10.4 Å². The van der Waals surface area contributed by atoms with E-state index >= 15 is 0 Å². The van der Waals surface area contributed by atoms with Gasteiger partial charge in [-0.15, -0.1) is 0 Å². The molecule has 1 rings (SSSR count). The Morgan fingerprint density at radius 3 is 2.50 bits per heavy atom. The number of rotatable bonds is 3. The van der Waals surface area contributed by atoms with Crippen LogP contribution in [0.1, 0.15) is 26.3 Å². The van der Waals surface area contributed by atoms with Crippen molar-refractivity contribution in [3.8, 4) is 0 Å². The maximum Gasteiger partial charge on any atom is 0.307 e. The van der Waals surface area contributed by atoms with Crippen molar-refractivity contribution >= 4 is 11.7 Å². The van der Waals surface area contributed by atoms with Crippen LogP contribution in [-0.2, 0) is 11.2 Å². The van der Waals surface area contributed by atoms with E-state index in [9.17, 15) is 9.18 Å². The van der Waals surface area contributed by atoms with E-state index in [1.54, 1.807) is 12.1 Å². The van der Waals surface area contributed by atoms with Gasteiger partial charge in [-0.25, -0.2) is 4.39 Å². The first-order valence-electron chi connectivity index (χ1n) is 5.06. The third-order valence-electron chi connectivity index (χ3n) is 1.90. The molecule has 2 N–H and O–H groups in total. The van der Waals surface area contributed by atoms with Crippen molar-refractivity contribution in [3.05, 3.63) is 29.6 Å². The van der Waals surface area contributed by atoms with Gasteiger partial charge in [0.2, 0.25) is 0 Å². The molecular formula is C12H16FNO2. The normalized spacial score (nSPS) is 11.2. The second-order valence-electron chi connectivity index (χ2n) is 4.76. The number of hydrogen-bond donors (Lipinski definition) is 2. The van der Waals surface area contributed by atoms with Crippen molar-refractivity contribution in [1.29, 1.82) is 0 Å². The lowest BCUT2D eigenvalue weighted by molar-refractivity contribution is -0.136. The molecule has 0 atom stereocenters. The molecule has 0 aliphatic carbocycles. The number of anilines is 1. The van der Waals surface area contributed by atoms with E-state index in [-0.39, 0.29) is 12.0 Å². The fourth-order valence-electron chi connectivity index (χ4n) is 1.35. The monoisotopic (exact) mass is 225 g/mol. The topological polar surface area (TPSA) is 49.3 Å². The summed E-state index contributed by atoms with van der Waals surface area (Å²) in [5.74, 6) is -1.38. The van der Waals surface area contributed by atoms with Gasteiger partial charge in [-0.05, 0) is 38.5 Å². The van der Waals surface area contributed by atoms with Crippen LogP contribution in [0.3, 0.4) is 0 Å². The molecule has 88 valence electrons. The van der Waals surface area contributed by atoms with Gasteiger partial charge in [-0.3, -0.25) is 4.79 Å². The zero-order chi connectivity index (χ0) is 12.3. The first-order chi connectivity index (χ1) is 7.28. The Balaban J connectivity index is 2.87. The first-order valence-corrected chi connectivity index (χ1v) is 5.06. The lowest BCUT2D eigenvalue weighted by Gasteiger charge is -2.22. The quantitative estimate of drug-likeness (QED) is 0.831. The molecule has 0 radical (unpaired) electrons. The first kappa shape index (κ1) is 12.5. The van der Waals surface area contributed by atoms with E-state index in [4.69, 9.17) is 5.11 Å². The fraction of sp³-hybridized carbons (Fsp3) is 0.417. The number of carboxylic acid groups (broad SMARTS) is 1. The number of nitrogens with one attached hydrogen (secondary N) is 1. The molecule has 0 saturated carbocycles. The highest BCUT2D eigenvalue weighted by Crippen LogP contribution is 2.20. The standard InChI is InChI=1S/C12H16FNO2/c1-12(2,3)14-10-5-4-8(6-9(10)13)7-11(15)16/h4-6,14H,7H2,1-3H3,(H,15,16). The maximum absolute atomic E-state index is 13.6. The maximum atomic E-state index is 13.6. The third-order valence-corrected chi connectivity index (χ3v) is 1.90. The van der Waals surface area contributed by atoms with E-state index in [2.05, 4.69) is 5.32 Å². The van der Waals surface area contributed by atoms with Crippen molar-refractivity contribution in [1.82, 2.24) is 0 Å². The van der Waals surface area contributed by atoms with E-state index in [1.807, 2.05) is 20.8 Å². The highest BCUT2D eigenvalue weighted by Gasteiger charge is 2.13. The molecule has 0 aliphatic heterocycles. The molecule has 0 heterocycles. The Kier molecular flexibility index (Phi) is 3.52. The summed E-state index contributed by atoms with van der Waals surface area (Å²) in [6.07, 6.45) is -0.160. The lowest BCUT2D eigenvalue weighted by Crippen LogP contribution is -2.26. The molecule has 0 spiro atoms. The highest BCUT2D eigenvalue weighted by molar-refractivity contribution is 5.70. The Hall–Kier alpha value is -1.58. The van der Waals surface area contributed by atoms with Gasteiger partial charge in [0.25, 0.3) is 0 Å². The third kappa shape index (κ3) is 3.88. The Labute approximate surface area is 94.3 Å². The average Bonchev–Trinajstić information content (AvgIpc) is 2.06. The Morgan fingerprint density at radius 2 is 2.06 bits per heavy atom. The molecule has 0 amide bonds. The van der Waals surface area contributed by atoms with E-state index in [0.717, 1.165) is 0 Å². The molecule has 0 fully saturated rings. The molecule has 0 aliphatic rings. The molecule has 0 bridgehead atoms. The number of carboxylic acids is 1. The molecule has 4 heteroatoms. The van der Waals surface area contributed by atoms with Crippen molar-refractivity contribution in [2.45, 2.75) is 32.7 Å². The van der Waals surface area contributed by atoms with Gasteiger partial charge in [-0.1, -0.05) is 6.07 Å². The number of aliphatic carboxylic acids is 1. The minimum atomic E-state index is -0.962. The van der Waals surface area contributed by atoms with Crippen LogP contribution in [0.4, 0.5) is 10.1 Å². The Morgan fingerprint density at radius 1 is 1.44 bits per heavy atom. The largest absolute Gasteiger partial charge is 0.481 e. The number of halogens is 1. The predicted molar refractivity (Wildman–Crippen MR) is 61.1 cm³/mol. The minimum absolute atomic E-state index is 0.160. The fourth-order valence-corrected chi connectivity index (χ4v) is 1.35. The lowest BCUT2D eigenvalue weighted by atomic mass is 10.1. The summed E-state index contributed by atoms with van der Waals surface area (Å²) in [5.41, 5.74) is 0.626. The summed E-state index contributed by atoms with van der Waals surface area (Å²) >= 11 is 0. The molecule has 1 aromatic rings. The Bertz CT molecular complexity index is 396. The van der Waals surface area contributed by atoms with Crippen molar-refractivity contribution < 1.29 is 14.3 Å². The van der Waals surface area contributed by atoms with Gasteiger partial charge in [-0.2, -0.15) is 0 Å². The zero-order valence-electron chi connectivity index (χ0n) is 9.67. The molecule has 16 heavy (non-hydrogen) atoms. The molecular weight excluding hydrogens is 209 g/mol. The number of carbonyl (C=O) groups is 1. The van der Waals surface area contributed by atoms with E-state index in [1.165, 1.54) is 6.07 Å². The minimum Gasteiger partial charge on any atom is -0.481 e. The van der Waals surface area contributed by atoms with Crippen LogP contribution >= 0.6 is 0 Å². The summed E-state index contributed by atoms with van der Waals surface area (Å²) in [5, 5.41) is 11.6. The van der Waals surface area contributed by atoms with Crippen molar-refractivity contribution in [2.24, 2.45) is 0 Å². The SMILES string of the molecule is CC(C)(C)Nc1ccc(CC(=O)O)cc1F. The molecule has 0 aromatic heterocycles. The summed E-state index contributed by atoms with van der Waals surface area (Å²) in [4.78, 5) is 10.5. The number of benzene rings is 1. The summed E-state index contributed by atoms with van der Waals surface area (Å²) in [6.45, 7) is 5.78. The van der Waals surface area contributed by atoms with Crippen LogP contribution in [0.2, 0.25) is 0 Å². The van der Waals surface area contributed by atoms with Gasteiger partial charge in [0.05, 0.1) is 12.1 Å². The number of hydrogen-bond acceptors (Lipinski definition) is 2. The van der Waals surface area contributed by atoms with Crippen LogP contribution in [-0.4, -0.2) is 16.6 Å². The van der Waals surface area contributed by atoms with Crippen molar-refractivity contribution in [2.75, 3.05) is 5.32 Å². The smallest absolute Gasteiger partial charge is 0.307 e. The van der Waals surface area contributed by atoms with E-state index < -0.39 is 11.8 Å². The zero-order valence-corrected chi connectivity index (χ0v) is 9.67. The van der Waals surface area contributed by atoms with Crippen LogP contribution in [0.25, 0.3) is 0 Å². The molecule has 1 aromatic carbocycles. The highest BCUT2D eigenvalue weighted by atomic mass is 19.1. The van der Waals surface area contributed by atoms with Crippen LogP contribution in [0.5, 0.6) is 0 Å². The molecule has 0 saturated heterocycles. The van der Waals surface area contributed by atoms with Gasteiger partial charge in [0.15, 0.2) is 0 Å². The van der Waals surface area contributed by atoms with Crippen molar-refractivity contribution in [3.63, 3.8) is 0 Å². The van der Waals surface area contributed by atoms with Gasteiger partial charge >= 0.3 is 5.97 Å². The molecule has 0 unspecified atom stereocenters. The van der Waals surface area contributed by atoms with Gasteiger partial charge in [0.1, 0.15) is 5.82 Å². The summed E-state index contributed by atoms with van der Waals surface area (Å²) in [6, 6.07) is 4.44. The summed E-state index contributed by atoms with van der Waals surface area (Å²) < 4.78 is 13.6. The van der Waals surface area contributed by atoms with Gasteiger partial charge in [0, 0.05) is 5.54 Å². The van der Waals surface area contributed by atoms with E-state index in [0.29, 0.717) is 11.3 Å². The molecule has 3 nitrogen and oxygen atoms in total. The van der Waals surface area contributed by atoms with Crippen LogP contribution in [0, 0.1) is 5.82 Å². The predicted octanol–water partition coefficient (Wildman–Crippen LogP) is 2.66. The second kappa shape index (κ2) is 4.51. The average molecular weight is 225 g/mol. The van der Waals surface area contributed by atoms with Crippen LogP contribution in [0.15, 0.2) is 18.2 Å². The van der Waals surface area contributed by atoms with Crippen LogP contribution < -0.4 is 5.32 Å².